The summed E-state index contributed by atoms with van der Waals surface area (Å²) >= 11 is 0. The number of nitrogens with zero attached hydrogens (tertiary/aromatic N) is 3. The number of amides is 1. The van der Waals surface area contributed by atoms with Gasteiger partial charge in [0.1, 0.15) is 11.6 Å². The number of furan rings is 1. The molecule has 0 unspecified atom stereocenters. The number of benzene rings is 1. The summed E-state index contributed by atoms with van der Waals surface area (Å²) in [6.07, 6.45) is 1.70. The van der Waals surface area contributed by atoms with Crippen LogP contribution in [0.3, 0.4) is 0 Å². The summed E-state index contributed by atoms with van der Waals surface area (Å²) in [6.45, 7) is 0.875. The molecule has 0 aliphatic rings. The van der Waals surface area contributed by atoms with Crippen molar-refractivity contribution in [2.75, 3.05) is 30.8 Å². The van der Waals surface area contributed by atoms with Gasteiger partial charge in [0.05, 0.1) is 7.11 Å². The number of rotatable bonds is 8. The van der Waals surface area contributed by atoms with Crippen LogP contribution in [0.15, 0.2) is 65.2 Å². The molecule has 3 N–H and O–H groups in total. The van der Waals surface area contributed by atoms with Gasteiger partial charge in [0, 0.05) is 24.7 Å². The number of nitrogens with one attached hydrogen (secondary N) is 3. The molecule has 1 amide bonds. The van der Waals surface area contributed by atoms with Crippen LogP contribution < -0.4 is 20.7 Å². The SMILES string of the molecule is COc1cccc2cc(C(=O)NCCNc3ccc(Nc4ccccn4)nn3)oc12. The van der Waals surface area contributed by atoms with E-state index in [2.05, 4.69) is 31.1 Å². The molecule has 0 bridgehead atoms. The number of para-hydroxylation sites is 1. The molecular weight excluding hydrogens is 384 g/mol. The van der Waals surface area contributed by atoms with Gasteiger partial charge in [-0.2, -0.15) is 0 Å². The number of hydrogen-bond donors (Lipinski definition) is 3. The predicted molar refractivity (Wildman–Crippen MR) is 113 cm³/mol. The number of pyridine rings is 1. The summed E-state index contributed by atoms with van der Waals surface area (Å²) in [6, 6.07) is 16.4. The Morgan fingerprint density at radius 2 is 1.87 bits per heavy atom. The topological polar surface area (TPSA) is 114 Å². The quantitative estimate of drug-likeness (QED) is 0.384. The van der Waals surface area contributed by atoms with Crippen LogP contribution in [0.1, 0.15) is 10.6 Å². The van der Waals surface area contributed by atoms with Gasteiger partial charge in [-0.05, 0) is 36.4 Å². The molecule has 0 saturated carbocycles. The standard InChI is InChI=1S/C21H20N6O3/c1-29-15-6-4-5-14-13-16(30-20(14)15)21(28)24-12-11-23-18-8-9-19(27-26-18)25-17-7-2-3-10-22-17/h2-10,13H,11-12H2,1H3,(H,23,26)(H,24,28)(H,22,25,27). The number of aromatic nitrogens is 3. The zero-order chi connectivity index (χ0) is 20.8. The maximum absolute atomic E-state index is 12.3. The van der Waals surface area contributed by atoms with Gasteiger partial charge in [0.15, 0.2) is 22.9 Å². The first-order valence-corrected chi connectivity index (χ1v) is 9.33. The minimum atomic E-state index is -0.295. The van der Waals surface area contributed by atoms with E-state index in [1.54, 1.807) is 37.6 Å². The van der Waals surface area contributed by atoms with Gasteiger partial charge in [0.25, 0.3) is 5.91 Å². The number of ether oxygens (including phenoxy) is 1. The Bertz CT molecular complexity index is 1130. The molecule has 0 aliphatic carbocycles. The minimum absolute atomic E-state index is 0.235. The summed E-state index contributed by atoms with van der Waals surface area (Å²) in [4.78, 5) is 16.5. The van der Waals surface area contributed by atoms with Crippen molar-refractivity contribution >= 4 is 34.3 Å². The average molecular weight is 404 g/mol. The Morgan fingerprint density at radius 3 is 2.63 bits per heavy atom. The van der Waals surface area contributed by atoms with Crippen LogP contribution in [0, 0.1) is 0 Å². The lowest BCUT2D eigenvalue weighted by molar-refractivity contribution is 0.0929. The van der Waals surface area contributed by atoms with Gasteiger partial charge in [-0.3, -0.25) is 4.79 Å². The minimum Gasteiger partial charge on any atom is -0.493 e. The fourth-order valence-corrected chi connectivity index (χ4v) is 2.82. The molecule has 0 radical (unpaired) electrons. The van der Waals surface area contributed by atoms with Crippen LogP contribution in [-0.2, 0) is 0 Å². The summed E-state index contributed by atoms with van der Waals surface area (Å²) in [7, 11) is 1.56. The van der Waals surface area contributed by atoms with Crippen LogP contribution in [0.5, 0.6) is 5.75 Å². The van der Waals surface area contributed by atoms with Crippen LogP contribution in [-0.4, -0.2) is 41.3 Å². The van der Waals surface area contributed by atoms with Crippen LogP contribution in [0.2, 0.25) is 0 Å². The van der Waals surface area contributed by atoms with E-state index in [1.165, 1.54) is 0 Å². The fraction of sp³-hybridized carbons (Fsp3) is 0.143. The second-order valence-corrected chi connectivity index (χ2v) is 6.32. The van der Waals surface area contributed by atoms with E-state index in [4.69, 9.17) is 9.15 Å². The normalized spacial score (nSPS) is 10.6. The van der Waals surface area contributed by atoms with Gasteiger partial charge < -0.3 is 25.1 Å². The molecule has 9 heteroatoms. The highest BCUT2D eigenvalue weighted by Gasteiger charge is 2.14. The lowest BCUT2D eigenvalue weighted by atomic mass is 10.2. The molecule has 4 rings (SSSR count). The van der Waals surface area contributed by atoms with Gasteiger partial charge in [-0.1, -0.05) is 18.2 Å². The predicted octanol–water partition coefficient (Wildman–Crippen LogP) is 3.21. The summed E-state index contributed by atoms with van der Waals surface area (Å²) in [5.41, 5.74) is 0.554. The maximum Gasteiger partial charge on any atom is 0.287 e. The molecule has 30 heavy (non-hydrogen) atoms. The van der Waals surface area contributed by atoms with E-state index in [0.29, 0.717) is 41.9 Å². The van der Waals surface area contributed by atoms with Gasteiger partial charge in [-0.15, -0.1) is 10.2 Å². The Balaban J connectivity index is 1.26. The number of hydrogen-bond acceptors (Lipinski definition) is 8. The third kappa shape index (κ3) is 4.46. The fourth-order valence-electron chi connectivity index (χ4n) is 2.82. The molecule has 0 spiro atoms. The van der Waals surface area contributed by atoms with E-state index >= 15 is 0 Å². The van der Waals surface area contributed by atoms with Gasteiger partial charge in [0.2, 0.25) is 0 Å². The van der Waals surface area contributed by atoms with E-state index in [9.17, 15) is 4.79 Å². The Morgan fingerprint density at radius 1 is 1.00 bits per heavy atom. The number of carbonyl (C=O) groups excluding carboxylic acids is 1. The highest BCUT2D eigenvalue weighted by Crippen LogP contribution is 2.28. The number of anilines is 3. The second kappa shape index (κ2) is 8.91. The van der Waals surface area contributed by atoms with Crippen LogP contribution in [0.25, 0.3) is 11.0 Å². The molecule has 3 heterocycles. The first-order chi connectivity index (χ1) is 14.7. The average Bonchev–Trinajstić information content (AvgIpc) is 3.23. The smallest absolute Gasteiger partial charge is 0.287 e. The summed E-state index contributed by atoms with van der Waals surface area (Å²) in [5.74, 6) is 2.42. The van der Waals surface area contributed by atoms with Crippen molar-refractivity contribution in [3.05, 3.63) is 66.6 Å². The monoisotopic (exact) mass is 404 g/mol. The highest BCUT2D eigenvalue weighted by molar-refractivity contribution is 5.97. The summed E-state index contributed by atoms with van der Waals surface area (Å²) in [5, 5.41) is 18.0. The largest absolute Gasteiger partial charge is 0.493 e. The van der Waals surface area contributed by atoms with Crippen molar-refractivity contribution in [1.29, 1.82) is 0 Å². The molecule has 1 aromatic carbocycles. The molecule has 0 atom stereocenters. The van der Waals surface area contributed by atoms with Crippen molar-refractivity contribution in [2.45, 2.75) is 0 Å². The van der Waals surface area contributed by atoms with Gasteiger partial charge >= 0.3 is 0 Å². The zero-order valence-electron chi connectivity index (χ0n) is 16.3. The highest BCUT2D eigenvalue weighted by atomic mass is 16.5. The van der Waals surface area contributed by atoms with E-state index in [1.807, 2.05) is 30.3 Å². The molecule has 9 nitrogen and oxygen atoms in total. The second-order valence-electron chi connectivity index (χ2n) is 6.32. The first kappa shape index (κ1) is 19.2. The summed E-state index contributed by atoms with van der Waals surface area (Å²) < 4.78 is 10.9. The van der Waals surface area contributed by atoms with E-state index in [-0.39, 0.29) is 11.7 Å². The number of fused-ring (bicyclic) bond motifs is 1. The number of carbonyl (C=O) groups is 1. The molecular formula is C21H20N6O3. The van der Waals surface area contributed by atoms with Crippen LogP contribution >= 0.6 is 0 Å². The van der Waals surface area contributed by atoms with E-state index < -0.39 is 0 Å². The molecule has 3 aromatic heterocycles. The van der Waals surface area contributed by atoms with Crippen molar-refractivity contribution in [1.82, 2.24) is 20.5 Å². The number of methoxy groups -OCH3 is 1. The van der Waals surface area contributed by atoms with Gasteiger partial charge in [-0.25, -0.2) is 4.98 Å². The Hall–Kier alpha value is -4.14. The van der Waals surface area contributed by atoms with Crippen molar-refractivity contribution in [3.8, 4) is 5.75 Å². The molecule has 0 fully saturated rings. The lowest BCUT2D eigenvalue weighted by Gasteiger charge is -2.07. The van der Waals surface area contributed by atoms with Crippen LogP contribution in [0.4, 0.5) is 17.5 Å². The third-order valence-electron chi connectivity index (χ3n) is 4.25. The lowest BCUT2D eigenvalue weighted by Crippen LogP contribution is -2.28. The maximum atomic E-state index is 12.3. The van der Waals surface area contributed by atoms with Crippen molar-refractivity contribution < 1.29 is 13.9 Å². The Kier molecular flexibility index (Phi) is 5.70. The first-order valence-electron chi connectivity index (χ1n) is 9.33. The van der Waals surface area contributed by atoms with E-state index in [0.717, 1.165) is 5.39 Å². The van der Waals surface area contributed by atoms with Crippen molar-refractivity contribution in [3.63, 3.8) is 0 Å². The Labute approximate surface area is 172 Å². The molecule has 152 valence electrons. The van der Waals surface area contributed by atoms with Crippen molar-refractivity contribution in [2.24, 2.45) is 0 Å². The zero-order valence-corrected chi connectivity index (χ0v) is 16.3. The molecule has 4 aromatic rings. The third-order valence-corrected chi connectivity index (χ3v) is 4.25. The molecule has 0 aliphatic heterocycles. The molecule has 0 saturated heterocycles.